The van der Waals surface area contributed by atoms with Gasteiger partial charge in [0.1, 0.15) is 6.10 Å². The van der Waals surface area contributed by atoms with Crippen LogP contribution < -0.4 is 0 Å². The first-order valence-electron chi connectivity index (χ1n) is 8.87. The van der Waals surface area contributed by atoms with Crippen molar-refractivity contribution in [1.29, 1.82) is 0 Å². The summed E-state index contributed by atoms with van der Waals surface area (Å²) in [4.78, 5) is 25.1. The first kappa shape index (κ1) is 18.2. The monoisotopic (exact) mass is 350 g/mol. The van der Waals surface area contributed by atoms with E-state index in [-0.39, 0.29) is 18.6 Å². The highest BCUT2D eigenvalue weighted by Gasteiger charge is 2.23. The fourth-order valence-corrected chi connectivity index (χ4v) is 3.13. The van der Waals surface area contributed by atoms with Gasteiger partial charge >= 0.3 is 0 Å². The molecule has 1 atom stereocenters. The Balaban J connectivity index is 1.55. The molecule has 2 saturated heterocycles. The number of β-amino-alcohol motifs (C(OH)–C–C–N with tert-alkyl or cyclic N) is 1. The molecule has 0 radical (unpaired) electrons. The maximum Gasteiger partial charge on any atom is 0.223 e. The van der Waals surface area contributed by atoms with Gasteiger partial charge in [0.05, 0.1) is 44.0 Å². The van der Waals surface area contributed by atoms with Crippen LogP contribution in [0.5, 0.6) is 0 Å². The van der Waals surface area contributed by atoms with Gasteiger partial charge in [-0.15, -0.1) is 0 Å². The summed E-state index contributed by atoms with van der Waals surface area (Å²) in [6.07, 6.45) is 4.30. The zero-order valence-corrected chi connectivity index (χ0v) is 14.5. The number of carbonyl (C=O) groups is 1. The molecular weight excluding hydrogens is 324 g/mol. The Hall–Kier alpha value is -1.61. The molecule has 2 aliphatic rings. The van der Waals surface area contributed by atoms with Gasteiger partial charge in [-0.05, 0) is 6.42 Å². The quantitative estimate of drug-likeness (QED) is 0.749. The maximum atomic E-state index is 12.2. The predicted molar refractivity (Wildman–Crippen MR) is 90.0 cm³/mol. The van der Waals surface area contributed by atoms with Crippen LogP contribution in [0.4, 0.5) is 0 Å². The highest BCUT2D eigenvalue weighted by atomic mass is 16.5. The molecule has 2 aliphatic heterocycles. The first-order chi connectivity index (χ1) is 12.3. The summed E-state index contributed by atoms with van der Waals surface area (Å²) in [6, 6.07) is 0. The number of carbonyl (C=O) groups excluding carboxylic acids is 1. The Labute approximate surface area is 147 Å². The van der Waals surface area contributed by atoms with E-state index >= 15 is 0 Å². The van der Waals surface area contributed by atoms with Crippen molar-refractivity contribution in [2.75, 3.05) is 59.2 Å². The number of ether oxygens (including phenoxy) is 2. The first-order valence-corrected chi connectivity index (χ1v) is 8.87. The van der Waals surface area contributed by atoms with Crippen LogP contribution in [0.2, 0.25) is 0 Å². The van der Waals surface area contributed by atoms with Crippen LogP contribution >= 0.6 is 0 Å². The van der Waals surface area contributed by atoms with E-state index in [1.165, 1.54) is 0 Å². The Morgan fingerprint density at radius 3 is 2.88 bits per heavy atom. The smallest absolute Gasteiger partial charge is 0.223 e. The second-order valence-corrected chi connectivity index (χ2v) is 6.31. The predicted octanol–water partition coefficient (Wildman–Crippen LogP) is -0.366. The molecule has 1 amide bonds. The molecule has 1 aromatic rings. The van der Waals surface area contributed by atoms with Crippen LogP contribution in [0, 0.1) is 0 Å². The molecule has 3 heterocycles. The van der Waals surface area contributed by atoms with Gasteiger partial charge < -0.3 is 19.5 Å². The van der Waals surface area contributed by atoms with Gasteiger partial charge in [0.15, 0.2) is 0 Å². The Kier molecular flexibility index (Phi) is 6.69. The van der Waals surface area contributed by atoms with Crippen molar-refractivity contribution in [1.82, 2.24) is 19.8 Å². The number of aromatic nitrogens is 2. The molecule has 1 N–H and O–H groups in total. The number of morpholine rings is 2. The zero-order chi connectivity index (χ0) is 17.5. The number of aliphatic hydroxyl groups excluding tert-OH is 1. The SMILES string of the molecule is O=C(CCc1cncc(C2CN(CCO)CCO2)n1)N1CCOCC1. The van der Waals surface area contributed by atoms with Crippen LogP contribution in [-0.2, 0) is 20.7 Å². The summed E-state index contributed by atoms with van der Waals surface area (Å²) in [5, 5.41) is 9.09. The minimum atomic E-state index is -0.136. The van der Waals surface area contributed by atoms with Crippen molar-refractivity contribution < 1.29 is 19.4 Å². The van der Waals surface area contributed by atoms with Gasteiger partial charge in [-0.2, -0.15) is 0 Å². The molecule has 2 fully saturated rings. The van der Waals surface area contributed by atoms with Crippen molar-refractivity contribution in [2.45, 2.75) is 18.9 Å². The standard InChI is InChI=1S/C17H26N4O4/c22-7-3-20-4-10-25-16(13-20)15-12-18-11-14(19-15)1-2-17(23)21-5-8-24-9-6-21/h11-12,16,22H,1-10,13H2. The van der Waals surface area contributed by atoms with Crippen LogP contribution in [0.15, 0.2) is 12.4 Å². The lowest BCUT2D eigenvalue weighted by Crippen LogP contribution is -2.40. The normalized spacial score (nSPS) is 22.1. The number of hydrogen-bond acceptors (Lipinski definition) is 7. The number of hydrogen-bond donors (Lipinski definition) is 1. The minimum Gasteiger partial charge on any atom is -0.395 e. The average molecular weight is 350 g/mol. The molecule has 0 aliphatic carbocycles. The molecule has 8 heteroatoms. The third-order valence-corrected chi connectivity index (χ3v) is 4.56. The van der Waals surface area contributed by atoms with Crippen molar-refractivity contribution in [3.63, 3.8) is 0 Å². The fraction of sp³-hybridized carbons (Fsp3) is 0.706. The van der Waals surface area contributed by atoms with Crippen molar-refractivity contribution in [3.05, 3.63) is 23.8 Å². The Morgan fingerprint density at radius 1 is 1.24 bits per heavy atom. The second-order valence-electron chi connectivity index (χ2n) is 6.31. The number of rotatable bonds is 6. The molecule has 3 rings (SSSR count). The maximum absolute atomic E-state index is 12.2. The van der Waals surface area contributed by atoms with E-state index < -0.39 is 0 Å². The summed E-state index contributed by atoms with van der Waals surface area (Å²) in [6.45, 7) is 5.48. The van der Waals surface area contributed by atoms with Crippen LogP contribution in [0.25, 0.3) is 0 Å². The number of amides is 1. The minimum absolute atomic E-state index is 0.136. The topological polar surface area (TPSA) is 88.0 Å². The lowest BCUT2D eigenvalue weighted by atomic mass is 10.2. The third kappa shape index (κ3) is 5.18. The van der Waals surface area contributed by atoms with Crippen LogP contribution in [0.1, 0.15) is 23.9 Å². The van der Waals surface area contributed by atoms with Crippen molar-refractivity contribution >= 4 is 5.91 Å². The highest BCUT2D eigenvalue weighted by molar-refractivity contribution is 5.76. The summed E-state index contributed by atoms with van der Waals surface area (Å²) in [5.41, 5.74) is 1.60. The van der Waals surface area contributed by atoms with Gasteiger partial charge in [-0.3, -0.25) is 19.7 Å². The summed E-state index contributed by atoms with van der Waals surface area (Å²) >= 11 is 0. The Bertz CT molecular complexity index is 563. The summed E-state index contributed by atoms with van der Waals surface area (Å²) < 4.78 is 11.1. The second kappa shape index (κ2) is 9.19. The third-order valence-electron chi connectivity index (χ3n) is 4.56. The molecule has 0 spiro atoms. The number of aliphatic hydroxyl groups is 1. The van der Waals surface area contributed by atoms with Crippen LogP contribution in [0.3, 0.4) is 0 Å². The van der Waals surface area contributed by atoms with Gasteiger partial charge in [-0.1, -0.05) is 0 Å². The molecule has 1 unspecified atom stereocenters. The van der Waals surface area contributed by atoms with E-state index in [2.05, 4.69) is 14.9 Å². The van der Waals surface area contributed by atoms with E-state index in [0.29, 0.717) is 58.8 Å². The van der Waals surface area contributed by atoms with E-state index in [0.717, 1.165) is 17.9 Å². The van der Waals surface area contributed by atoms with Gasteiger partial charge in [0.2, 0.25) is 5.91 Å². The van der Waals surface area contributed by atoms with E-state index in [1.807, 2.05) is 4.90 Å². The zero-order valence-electron chi connectivity index (χ0n) is 14.5. The summed E-state index contributed by atoms with van der Waals surface area (Å²) in [7, 11) is 0. The van der Waals surface area contributed by atoms with Gasteiger partial charge in [0, 0.05) is 45.3 Å². The molecule has 138 valence electrons. The molecule has 0 bridgehead atoms. The van der Waals surface area contributed by atoms with E-state index in [4.69, 9.17) is 14.6 Å². The average Bonchev–Trinajstić information content (AvgIpc) is 2.67. The van der Waals surface area contributed by atoms with Gasteiger partial charge in [-0.25, -0.2) is 0 Å². The lowest BCUT2D eigenvalue weighted by molar-refractivity contribution is -0.135. The number of aryl methyl sites for hydroxylation is 1. The molecule has 0 saturated carbocycles. The van der Waals surface area contributed by atoms with Crippen molar-refractivity contribution in [3.8, 4) is 0 Å². The molecular formula is C17H26N4O4. The van der Waals surface area contributed by atoms with Crippen molar-refractivity contribution in [2.24, 2.45) is 0 Å². The summed E-state index contributed by atoms with van der Waals surface area (Å²) in [5.74, 6) is 0.138. The van der Waals surface area contributed by atoms with Crippen LogP contribution in [-0.4, -0.2) is 89.9 Å². The number of nitrogens with zero attached hydrogens (tertiary/aromatic N) is 4. The highest BCUT2D eigenvalue weighted by Crippen LogP contribution is 2.20. The largest absolute Gasteiger partial charge is 0.395 e. The van der Waals surface area contributed by atoms with E-state index in [1.54, 1.807) is 12.4 Å². The molecule has 8 nitrogen and oxygen atoms in total. The van der Waals surface area contributed by atoms with Gasteiger partial charge in [0.25, 0.3) is 0 Å². The molecule has 25 heavy (non-hydrogen) atoms. The lowest BCUT2D eigenvalue weighted by Gasteiger charge is -2.32. The molecule has 0 aromatic carbocycles. The fourth-order valence-electron chi connectivity index (χ4n) is 3.13. The molecule has 1 aromatic heterocycles. The van der Waals surface area contributed by atoms with E-state index in [9.17, 15) is 4.79 Å². The Morgan fingerprint density at radius 2 is 2.08 bits per heavy atom.